The van der Waals surface area contributed by atoms with Crippen LogP contribution in [0.15, 0.2) is 139 Å². The van der Waals surface area contributed by atoms with Gasteiger partial charge < -0.3 is 4.57 Å². The highest BCUT2D eigenvalue weighted by Crippen LogP contribution is 2.45. The number of hydrogen-bond acceptors (Lipinski definition) is 2. The number of aromatic nitrogens is 3. The average molecular weight is 726 g/mol. The zero-order valence-electron chi connectivity index (χ0n) is 30.6. The maximum absolute atomic E-state index is 5.64. The van der Waals surface area contributed by atoms with Crippen LogP contribution in [0.3, 0.4) is 0 Å². The Balaban J connectivity index is 1.01. The maximum Gasteiger partial charge on any atom is 0.138 e. The minimum absolute atomic E-state index is 0.376. The van der Waals surface area contributed by atoms with Gasteiger partial charge in [0.25, 0.3) is 0 Å². The van der Waals surface area contributed by atoms with E-state index in [1.165, 1.54) is 92.3 Å². The molecule has 0 fully saturated rings. The lowest BCUT2D eigenvalue weighted by molar-refractivity contribution is 0.597. The van der Waals surface area contributed by atoms with Crippen molar-refractivity contribution in [3.05, 3.63) is 172 Å². The zero-order chi connectivity index (χ0) is 36.0. The van der Waals surface area contributed by atoms with Gasteiger partial charge in [0.1, 0.15) is 5.82 Å². The number of para-hydroxylation sites is 2. The summed E-state index contributed by atoms with van der Waals surface area (Å²) in [6.45, 7) is 0. The van der Waals surface area contributed by atoms with Gasteiger partial charge in [-0.1, -0.05) is 109 Å². The maximum atomic E-state index is 5.64. The second-order valence-corrected chi connectivity index (χ2v) is 16.6. The highest BCUT2D eigenvalue weighted by atomic mass is 32.1. The summed E-state index contributed by atoms with van der Waals surface area (Å²) in [6, 6.07) is 36.3. The van der Waals surface area contributed by atoms with Gasteiger partial charge in [-0.25, -0.2) is 4.98 Å². The van der Waals surface area contributed by atoms with Gasteiger partial charge in [0, 0.05) is 59.3 Å². The smallest absolute Gasteiger partial charge is 0.138 e. The molecule has 0 aliphatic heterocycles. The van der Waals surface area contributed by atoms with Crippen molar-refractivity contribution in [3.8, 4) is 17.1 Å². The molecule has 0 spiro atoms. The van der Waals surface area contributed by atoms with Gasteiger partial charge in [-0.3, -0.25) is 4.57 Å². The molecule has 0 radical (unpaired) electrons. The van der Waals surface area contributed by atoms with E-state index < -0.39 is 0 Å². The largest absolute Gasteiger partial charge is 0.337 e. The highest BCUT2D eigenvalue weighted by Gasteiger charge is 2.28. The van der Waals surface area contributed by atoms with Crippen LogP contribution in [0.25, 0.3) is 78.0 Å². The monoisotopic (exact) mass is 725 g/mol. The van der Waals surface area contributed by atoms with E-state index in [1.54, 1.807) is 0 Å². The number of rotatable bonds is 4. The Kier molecular flexibility index (Phi) is 7.00. The number of fused-ring (bicyclic) bond motifs is 10. The number of thiophene rings is 1. The Morgan fingerprint density at radius 3 is 2.20 bits per heavy atom. The van der Waals surface area contributed by atoms with Crippen LogP contribution in [0.2, 0.25) is 0 Å². The van der Waals surface area contributed by atoms with Gasteiger partial charge in [-0.05, 0) is 109 Å². The van der Waals surface area contributed by atoms with Crippen molar-refractivity contribution >= 4 is 72.2 Å². The molecule has 0 bridgehead atoms. The van der Waals surface area contributed by atoms with Crippen molar-refractivity contribution in [3.63, 3.8) is 0 Å². The van der Waals surface area contributed by atoms with E-state index in [4.69, 9.17) is 4.98 Å². The van der Waals surface area contributed by atoms with Crippen molar-refractivity contribution in [2.24, 2.45) is 0 Å². The molecule has 4 aromatic carbocycles. The predicted octanol–water partition coefficient (Wildman–Crippen LogP) is 13.4. The molecule has 4 heteroatoms. The molecule has 1 atom stereocenters. The SMILES string of the molecule is C1=CCC(n2c3c(c4ccccc42)C=C(C2=Cc4c(n(-c5cc6ccccc6c(-c6cccc7c8c(sc67)C=CCC8)n5)c5ccccc45)CC2)CC3)C=C1. The van der Waals surface area contributed by atoms with Gasteiger partial charge >= 0.3 is 0 Å². The molecule has 55 heavy (non-hydrogen) atoms. The number of nitrogens with zero attached hydrogens (tertiary/aromatic N) is 3. The van der Waals surface area contributed by atoms with Crippen molar-refractivity contribution in [2.75, 3.05) is 0 Å². The minimum Gasteiger partial charge on any atom is -0.337 e. The third kappa shape index (κ3) is 4.77. The molecule has 4 aliphatic rings. The molecule has 3 nitrogen and oxygen atoms in total. The topological polar surface area (TPSA) is 22.8 Å². The molecular formula is C51H39N3S. The molecule has 264 valence electrons. The summed E-state index contributed by atoms with van der Waals surface area (Å²) in [5, 5.41) is 6.49. The standard InChI is InChI=1S/C51H39N3S/c1-2-14-35(15-3-1)53-44-22-9-6-17-37(44)42-29-32(25-27-46(42)53)33-26-28-47-43(30-33)38-18-7-10-23-45(38)54(47)49-31-34-13-4-5-16-36(34)50(52-49)41-21-12-20-40-39-19-8-11-24-48(39)55-51(40)41/h1-7,9-14,16-18,20-24,29-31,35H,8,15,19,25-28H2. The predicted molar refractivity (Wildman–Crippen MR) is 233 cm³/mol. The summed E-state index contributed by atoms with van der Waals surface area (Å²) in [7, 11) is 0. The zero-order valence-corrected chi connectivity index (χ0v) is 31.4. The highest BCUT2D eigenvalue weighted by molar-refractivity contribution is 7.20. The van der Waals surface area contributed by atoms with Gasteiger partial charge in [0.15, 0.2) is 0 Å². The quantitative estimate of drug-likeness (QED) is 0.177. The lowest BCUT2D eigenvalue weighted by Gasteiger charge is -2.25. The number of hydrogen-bond donors (Lipinski definition) is 0. The Labute approximate surface area is 324 Å². The molecule has 1 unspecified atom stereocenters. The van der Waals surface area contributed by atoms with Crippen molar-refractivity contribution in [1.82, 2.24) is 14.1 Å². The second-order valence-electron chi connectivity index (χ2n) is 15.5. The molecule has 12 rings (SSSR count). The van der Waals surface area contributed by atoms with Crippen LogP contribution in [0.5, 0.6) is 0 Å². The number of benzene rings is 4. The van der Waals surface area contributed by atoms with Crippen LogP contribution in [-0.4, -0.2) is 14.1 Å². The second kappa shape index (κ2) is 12.3. The summed E-state index contributed by atoms with van der Waals surface area (Å²) in [4.78, 5) is 7.04. The summed E-state index contributed by atoms with van der Waals surface area (Å²) in [5.41, 5.74) is 15.0. The first-order valence-corrected chi connectivity index (χ1v) is 20.7. The van der Waals surface area contributed by atoms with Crippen molar-refractivity contribution < 1.29 is 0 Å². The van der Waals surface area contributed by atoms with E-state index in [2.05, 4.69) is 155 Å². The van der Waals surface area contributed by atoms with Gasteiger partial charge in [-0.15, -0.1) is 11.3 Å². The first-order valence-electron chi connectivity index (χ1n) is 19.9. The fraction of sp³-hybridized carbons (Fsp3) is 0.157. The Bertz CT molecular complexity index is 3080. The van der Waals surface area contributed by atoms with E-state index in [9.17, 15) is 0 Å². The van der Waals surface area contributed by atoms with E-state index in [1.807, 2.05) is 11.3 Å². The first-order chi connectivity index (χ1) is 27.3. The van der Waals surface area contributed by atoms with Crippen molar-refractivity contribution in [2.45, 2.75) is 51.0 Å². The molecule has 4 aromatic heterocycles. The fourth-order valence-electron chi connectivity index (χ4n) is 10.1. The van der Waals surface area contributed by atoms with Gasteiger partial charge in [0.2, 0.25) is 0 Å². The molecule has 0 saturated heterocycles. The lowest BCUT2D eigenvalue weighted by atomic mass is 9.85. The van der Waals surface area contributed by atoms with Crippen LogP contribution in [-0.2, 0) is 19.3 Å². The Morgan fingerprint density at radius 1 is 0.636 bits per heavy atom. The Hall–Kier alpha value is -5.97. The minimum atomic E-state index is 0.376. The molecule has 4 aliphatic carbocycles. The van der Waals surface area contributed by atoms with Crippen LogP contribution in [0, 0.1) is 0 Å². The van der Waals surface area contributed by atoms with Crippen LogP contribution >= 0.6 is 11.3 Å². The summed E-state index contributed by atoms with van der Waals surface area (Å²) in [5.74, 6) is 1.00. The van der Waals surface area contributed by atoms with E-state index in [0.29, 0.717) is 6.04 Å². The summed E-state index contributed by atoms with van der Waals surface area (Å²) < 4.78 is 6.44. The third-order valence-corrected chi connectivity index (χ3v) is 13.8. The summed E-state index contributed by atoms with van der Waals surface area (Å²) in [6.07, 6.45) is 26.2. The average Bonchev–Trinajstić information content (AvgIpc) is 3.91. The molecule has 0 N–H and O–H groups in total. The van der Waals surface area contributed by atoms with E-state index in [0.717, 1.165) is 56.5 Å². The van der Waals surface area contributed by atoms with Gasteiger partial charge in [0.05, 0.1) is 17.3 Å². The Morgan fingerprint density at radius 2 is 1.36 bits per heavy atom. The first kappa shape index (κ1) is 31.4. The fourth-order valence-corrected chi connectivity index (χ4v) is 11.4. The number of allylic oxidation sites excluding steroid dienone is 7. The van der Waals surface area contributed by atoms with Gasteiger partial charge in [-0.2, -0.15) is 0 Å². The molecule has 8 aromatic rings. The van der Waals surface area contributed by atoms with Crippen LogP contribution in [0.1, 0.15) is 64.7 Å². The van der Waals surface area contributed by atoms with E-state index >= 15 is 0 Å². The van der Waals surface area contributed by atoms with Crippen molar-refractivity contribution in [1.29, 1.82) is 0 Å². The number of pyridine rings is 1. The lowest BCUT2D eigenvalue weighted by Crippen LogP contribution is -2.13. The molecule has 0 saturated carbocycles. The molecule has 4 heterocycles. The summed E-state index contributed by atoms with van der Waals surface area (Å²) >= 11 is 1.92. The molecular weight excluding hydrogens is 687 g/mol. The van der Waals surface area contributed by atoms with Crippen LogP contribution in [0.4, 0.5) is 0 Å². The number of aryl methyl sites for hydroxylation is 1. The normalized spacial score (nSPS) is 17.5. The van der Waals surface area contributed by atoms with E-state index in [-0.39, 0.29) is 0 Å². The van der Waals surface area contributed by atoms with Crippen LogP contribution < -0.4 is 0 Å². The molecule has 0 amide bonds. The third-order valence-electron chi connectivity index (χ3n) is 12.6.